The van der Waals surface area contributed by atoms with Gasteiger partial charge in [-0.25, -0.2) is 13.9 Å². The summed E-state index contributed by atoms with van der Waals surface area (Å²) in [4.78, 5) is 39.6. The molecule has 17 heavy (non-hydrogen) atoms. The standard InChI is InChI=1S/C2H2O.H4O7P2.4H2O.Ti/c1-2-3;1-8(2,3)7-9(4,5)6;;;;;/h1H2;(H2,1,2,3)(H2,4,5,6);4*1H2;/q;;;;;;+4/p-4. The van der Waals surface area contributed by atoms with Gasteiger partial charge in [0.2, 0.25) is 0 Å². The molecule has 0 aromatic heterocycles. The Kier molecular flexibility index (Phi) is 12.2. The molecule has 0 saturated heterocycles. The fourth-order valence-corrected chi connectivity index (χ4v) is 1.25. The van der Waals surface area contributed by atoms with Gasteiger partial charge in [-0.2, -0.15) is 4.31 Å². The van der Waals surface area contributed by atoms with Crippen molar-refractivity contribution in [3.05, 3.63) is 6.58 Å². The van der Waals surface area contributed by atoms with E-state index in [9.17, 15) is 9.13 Å². The number of rotatable bonds is 2. The zero-order valence-electron chi connectivity index (χ0n) is 7.81. The molecule has 15 heteroatoms. The normalized spacial score (nSPS) is 11.3. The van der Waals surface area contributed by atoms with E-state index in [4.69, 9.17) is 39.1 Å². The van der Waals surface area contributed by atoms with Crippen molar-refractivity contribution in [3.63, 3.8) is 0 Å². The van der Waals surface area contributed by atoms with Crippen molar-refractivity contribution in [1.29, 1.82) is 0 Å². The molecule has 0 spiro atoms. The molecule has 0 rings (SSSR count). The summed E-state index contributed by atoms with van der Waals surface area (Å²) in [6.45, 7) is 2.68. The van der Waals surface area contributed by atoms with E-state index in [1.54, 1.807) is 0 Å². The van der Waals surface area contributed by atoms with Crippen LogP contribution in [0.1, 0.15) is 0 Å². The predicted octanol–water partition coefficient (Wildman–Crippen LogP) is -3.04. The maximum atomic E-state index is 9.63. The van der Waals surface area contributed by atoms with E-state index in [2.05, 4.69) is 10.9 Å². The van der Waals surface area contributed by atoms with Crippen LogP contribution in [-0.4, -0.2) is 40.3 Å². The quantitative estimate of drug-likeness (QED) is 0.143. The molecule has 0 aromatic rings. The Morgan fingerprint density at radius 2 is 1.06 bits per heavy atom. The molecule has 0 radical (unpaired) electrons. The van der Waals surface area contributed by atoms with Gasteiger partial charge in [0.1, 0.15) is 5.94 Å². The molecule has 0 heterocycles. The van der Waals surface area contributed by atoms with E-state index in [0.717, 1.165) is 0 Å². The van der Waals surface area contributed by atoms with Crippen LogP contribution in [0.25, 0.3) is 0 Å². The summed E-state index contributed by atoms with van der Waals surface area (Å²) in [5.41, 5.74) is 0. The van der Waals surface area contributed by atoms with Crippen molar-refractivity contribution in [3.8, 4) is 0 Å². The van der Waals surface area contributed by atoms with Crippen molar-refractivity contribution in [2.45, 2.75) is 0 Å². The summed E-state index contributed by atoms with van der Waals surface area (Å²) < 4.78 is 51.7. The number of phosphoric acid groups is 2. The van der Waals surface area contributed by atoms with Gasteiger partial charge in [-0.15, -0.1) is 0 Å². The van der Waals surface area contributed by atoms with Crippen LogP contribution >= 0.6 is 15.6 Å². The molecule has 0 aliphatic carbocycles. The fraction of sp³-hybridized carbons (Fsp3) is 0. The van der Waals surface area contributed by atoms with Crippen LogP contribution in [0.5, 0.6) is 0 Å². The van der Waals surface area contributed by atoms with Crippen molar-refractivity contribution in [2.75, 3.05) is 0 Å². The van der Waals surface area contributed by atoms with Crippen LogP contribution in [0.2, 0.25) is 0 Å². The third kappa shape index (κ3) is 84.3. The molecule has 0 fully saturated rings. The summed E-state index contributed by atoms with van der Waals surface area (Å²) in [6.07, 6.45) is 0. The van der Waals surface area contributed by atoms with Crippen LogP contribution < -0.4 is 0 Å². The van der Waals surface area contributed by atoms with Crippen LogP contribution in [-0.2, 0) is 36.4 Å². The average molecular weight is 336 g/mol. The van der Waals surface area contributed by atoms with Gasteiger partial charge in [-0.3, -0.25) is 0 Å². The first-order valence-electron chi connectivity index (χ1n) is 2.98. The van der Waals surface area contributed by atoms with Gasteiger partial charge in [0.25, 0.3) is 0 Å². The Morgan fingerprint density at radius 3 is 1.06 bits per heavy atom. The third-order valence-electron chi connectivity index (χ3n) is 0.213. The van der Waals surface area contributed by atoms with Gasteiger partial charge < -0.3 is 19.6 Å². The van der Waals surface area contributed by atoms with Crippen molar-refractivity contribution in [1.82, 2.24) is 0 Å². The molecule has 0 aliphatic rings. The topological polar surface area (TPSA) is 222 Å². The molecular weight excluding hydrogens is 326 g/mol. The van der Waals surface area contributed by atoms with Crippen molar-refractivity contribution < 1.29 is 70.7 Å². The molecule has 0 unspecified atom stereocenters. The molecule has 0 bridgehead atoms. The second kappa shape index (κ2) is 9.23. The molecule has 12 nitrogen and oxygen atoms in total. The van der Waals surface area contributed by atoms with E-state index in [1.807, 2.05) is 0 Å². The van der Waals surface area contributed by atoms with E-state index in [1.165, 1.54) is 5.94 Å². The molecule has 0 aromatic carbocycles. The van der Waals surface area contributed by atoms with E-state index >= 15 is 0 Å². The van der Waals surface area contributed by atoms with E-state index in [-0.39, 0.29) is 0 Å². The van der Waals surface area contributed by atoms with Crippen molar-refractivity contribution in [2.24, 2.45) is 0 Å². The van der Waals surface area contributed by atoms with Gasteiger partial charge in [-0.1, -0.05) is 0 Å². The zero-order valence-corrected chi connectivity index (χ0v) is 11.2. The van der Waals surface area contributed by atoms with Gasteiger partial charge >= 0.3 is 48.5 Å². The molecule has 104 valence electrons. The van der Waals surface area contributed by atoms with Gasteiger partial charge in [0.05, 0.1) is 0 Å². The fourth-order valence-electron chi connectivity index (χ4n) is 0.139. The minimum absolute atomic E-state index is 1.25. The van der Waals surface area contributed by atoms with Crippen molar-refractivity contribution >= 4 is 21.6 Å². The molecule has 0 amide bonds. The molecule has 8 N–H and O–H groups in total. The Morgan fingerprint density at radius 1 is 0.941 bits per heavy atom. The molecule has 0 atom stereocenters. The second-order valence-corrected chi connectivity index (χ2v) is 6.30. The van der Waals surface area contributed by atoms with Gasteiger partial charge in [0.15, 0.2) is 0 Å². The van der Waals surface area contributed by atoms with Gasteiger partial charge in [-0.05, 0) is 6.58 Å². The Bertz CT molecular complexity index is 286. The maximum absolute atomic E-state index is 9.63. The van der Waals surface area contributed by atoms with Crippen LogP contribution in [0.3, 0.4) is 0 Å². The average Bonchev–Trinajstić information content (AvgIpc) is 1.72. The van der Waals surface area contributed by atoms with E-state index in [0.29, 0.717) is 0 Å². The molecule has 0 aliphatic heterocycles. The van der Waals surface area contributed by atoms with Crippen LogP contribution in [0, 0.1) is 0 Å². The first-order valence-corrected chi connectivity index (χ1v) is 8.84. The van der Waals surface area contributed by atoms with Crippen LogP contribution in [0.15, 0.2) is 6.58 Å². The van der Waals surface area contributed by atoms with Crippen LogP contribution in [0.4, 0.5) is 0 Å². The van der Waals surface area contributed by atoms with Gasteiger partial charge in [0, 0.05) is 0 Å². The molecular formula is C2H10O12P2Ti. The number of carbonyl (C=O) groups excluding carboxylic acids is 1. The first-order chi connectivity index (χ1) is 7.12. The number of hydrogen-bond acceptors (Lipinski definition) is 8. The summed E-state index contributed by atoms with van der Waals surface area (Å²) in [6, 6.07) is 0. The Hall–Kier alpha value is 0.264. The monoisotopic (exact) mass is 336 g/mol. The number of hydrogen-bond donors (Lipinski definition) is 8. The summed E-state index contributed by atoms with van der Waals surface area (Å²) in [5, 5.41) is 0. The Labute approximate surface area is 99.2 Å². The predicted molar refractivity (Wildman–Crippen MR) is 45.4 cm³/mol. The zero-order chi connectivity index (χ0) is 14.9. The first kappa shape index (κ1) is 22.4. The molecule has 0 saturated carbocycles. The third-order valence-corrected chi connectivity index (χ3v) is 1.91. The second-order valence-electron chi connectivity index (χ2n) is 1.81. The minimum atomic E-state index is -5.05. The summed E-state index contributed by atoms with van der Waals surface area (Å²) in [7, 11) is -10.1. The summed E-state index contributed by atoms with van der Waals surface area (Å²) >= 11 is -5.00. The van der Waals surface area contributed by atoms with E-state index < -0.39 is 33.8 Å². The SMILES string of the molecule is C=C=O.O=P(O)(O)OP(=O)(O)O.[OH][Ti]([OH])([OH])[OH]. The summed E-state index contributed by atoms with van der Waals surface area (Å²) in [5.74, 6) is 1.25. The Balaban J connectivity index is -0.000000207.